The average Bonchev–Trinajstić information content (AvgIpc) is 3.18. The Morgan fingerprint density at radius 3 is 2.63 bits per heavy atom. The fourth-order valence-electron chi connectivity index (χ4n) is 3.45. The first-order valence-electron chi connectivity index (χ1n) is 9.16. The van der Waals surface area contributed by atoms with Gasteiger partial charge in [0.1, 0.15) is 17.6 Å². The number of aromatic nitrogens is 2. The molecule has 1 aliphatic heterocycles. The van der Waals surface area contributed by atoms with Crippen molar-refractivity contribution in [1.82, 2.24) is 9.78 Å². The molecule has 1 aliphatic rings. The summed E-state index contributed by atoms with van der Waals surface area (Å²) in [6.45, 7) is 1.86. The number of fused-ring (bicyclic) bond motifs is 1. The first-order chi connectivity index (χ1) is 14.4. The van der Waals surface area contributed by atoms with Gasteiger partial charge in [-0.1, -0.05) is 35.3 Å². The number of hydrogen-bond donors (Lipinski definition) is 2. The molecule has 1 atom stereocenters. The minimum Gasteiger partial charge on any atom is -0.497 e. The van der Waals surface area contributed by atoms with Crippen LogP contribution in [0.25, 0.3) is 11.1 Å². The second-order valence-electron chi connectivity index (χ2n) is 6.86. The monoisotopic (exact) mass is 444 g/mol. The lowest BCUT2D eigenvalue weighted by Gasteiger charge is -2.11. The Hall–Kier alpha value is -3.03. The SMILES string of the molecule is COc1ccc(-c2c(C)nn3c2NC(=O)C3CC(=O)Nc2ccc(Cl)cc2Cl)cc1. The zero-order valence-corrected chi connectivity index (χ0v) is 17.7. The van der Waals surface area contributed by atoms with Gasteiger partial charge in [-0.05, 0) is 42.8 Å². The number of methoxy groups -OCH3 is 1. The van der Waals surface area contributed by atoms with Gasteiger partial charge < -0.3 is 15.4 Å². The lowest BCUT2D eigenvalue weighted by Crippen LogP contribution is -2.23. The number of amides is 2. The highest BCUT2D eigenvalue weighted by atomic mass is 35.5. The van der Waals surface area contributed by atoms with Crippen molar-refractivity contribution >= 4 is 46.5 Å². The molecule has 0 saturated carbocycles. The number of ether oxygens (including phenoxy) is 1. The topological polar surface area (TPSA) is 85.2 Å². The van der Waals surface area contributed by atoms with E-state index in [4.69, 9.17) is 27.9 Å². The fourth-order valence-corrected chi connectivity index (χ4v) is 3.91. The van der Waals surface area contributed by atoms with Gasteiger partial charge in [0.15, 0.2) is 0 Å². The van der Waals surface area contributed by atoms with Crippen molar-refractivity contribution in [2.24, 2.45) is 0 Å². The molecule has 2 heterocycles. The van der Waals surface area contributed by atoms with E-state index in [-0.39, 0.29) is 18.2 Å². The minimum atomic E-state index is -0.753. The average molecular weight is 445 g/mol. The van der Waals surface area contributed by atoms with Crippen LogP contribution in [0.3, 0.4) is 0 Å². The number of anilines is 2. The molecule has 154 valence electrons. The third kappa shape index (κ3) is 3.74. The second-order valence-corrected chi connectivity index (χ2v) is 7.71. The maximum Gasteiger partial charge on any atom is 0.251 e. The van der Waals surface area contributed by atoms with Crippen molar-refractivity contribution in [3.05, 3.63) is 58.2 Å². The molecule has 0 aliphatic carbocycles. The summed E-state index contributed by atoms with van der Waals surface area (Å²) in [5, 5.41) is 10.9. The third-order valence-corrected chi connectivity index (χ3v) is 5.44. The van der Waals surface area contributed by atoms with E-state index < -0.39 is 6.04 Å². The lowest BCUT2D eigenvalue weighted by atomic mass is 10.1. The summed E-state index contributed by atoms with van der Waals surface area (Å²) in [5.41, 5.74) is 2.89. The smallest absolute Gasteiger partial charge is 0.251 e. The summed E-state index contributed by atoms with van der Waals surface area (Å²) in [4.78, 5) is 25.1. The largest absolute Gasteiger partial charge is 0.497 e. The van der Waals surface area contributed by atoms with Crippen LogP contribution in [0.1, 0.15) is 18.2 Å². The molecule has 0 fully saturated rings. The zero-order chi connectivity index (χ0) is 21.4. The molecule has 2 N–H and O–H groups in total. The molecule has 1 unspecified atom stereocenters. The predicted octanol–water partition coefficient (Wildman–Crippen LogP) is 4.70. The molecule has 2 amide bonds. The number of carbonyl (C=O) groups is 2. The van der Waals surface area contributed by atoms with Gasteiger partial charge in [-0.25, -0.2) is 4.68 Å². The number of benzene rings is 2. The molecule has 9 heteroatoms. The van der Waals surface area contributed by atoms with Crippen LogP contribution in [0.5, 0.6) is 5.75 Å². The maximum absolute atomic E-state index is 12.6. The quantitative estimate of drug-likeness (QED) is 0.597. The van der Waals surface area contributed by atoms with Gasteiger partial charge in [0, 0.05) is 10.6 Å². The number of halogens is 2. The Morgan fingerprint density at radius 1 is 1.23 bits per heavy atom. The van der Waals surface area contributed by atoms with E-state index >= 15 is 0 Å². The summed E-state index contributed by atoms with van der Waals surface area (Å²) < 4.78 is 6.77. The molecule has 7 nitrogen and oxygen atoms in total. The highest BCUT2D eigenvalue weighted by molar-refractivity contribution is 6.36. The Morgan fingerprint density at radius 2 is 1.97 bits per heavy atom. The van der Waals surface area contributed by atoms with Crippen LogP contribution in [-0.2, 0) is 9.59 Å². The number of nitrogens with zero attached hydrogens (tertiary/aromatic N) is 2. The molecule has 3 aromatic rings. The molecule has 2 aromatic carbocycles. The van der Waals surface area contributed by atoms with Gasteiger partial charge >= 0.3 is 0 Å². The lowest BCUT2D eigenvalue weighted by molar-refractivity contribution is -0.123. The van der Waals surface area contributed by atoms with Crippen molar-refractivity contribution in [1.29, 1.82) is 0 Å². The van der Waals surface area contributed by atoms with E-state index in [1.165, 1.54) is 6.07 Å². The van der Waals surface area contributed by atoms with Crippen molar-refractivity contribution in [2.45, 2.75) is 19.4 Å². The van der Waals surface area contributed by atoms with Crippen molar-refractivity contribution < 1.29 is 14.3 Å². The maximum atomic E-state index is 12.6. The Balaban J connectivity index is 1.57. The Bertz CT molecular complexity index is 1140. The van der Waals surface area contributed by atoms with Crippen LogP contribution in [-0.4, -0.2) is 28.7 Å². The van der Waals surface area contributed by atoms with Crippen LogP contribution >= 0.6 is 23.2 Å². The summed E-state index contributed by atoms with van der Waals surface area (Å²) in [6, 6.07) is 11.5. The van der Waals surface area contributed by atoms with E-state index in [1.54, 1.807) is 23.9 Å². The molecule has 4 rings (SSSR count). The van der Waals surface area contributed by atoms with Gasteiger partial charge in [-0.15, -0.1) is 0 Å². The van der Waals surface area contributed by atoms with Crippen LogP contribution < -0.4 is 15.4 Å². The number of nitrogens with one attached hydrogen (secondary N) is 2. The predicted molar refractivity (Wildman–Crippen MR) is 116 cm³/mol. The highest BCUT2D eigenvalue weighted by Crippen LogP contribution is 2.38. The third-order valence-electron chi connectivity index (χ3n) is 4.89. The molecular weight excluding hydrogens is 427 g/mol. The van der Waals surface area contributed by atoms with Crippen molar-refractivity contribution in [3.8, 4) is 16.9 Å². The Kier molecular flexibility index (Phi) is 5.40. The van der Waals surface area contributed by atoms with Gasteiger partial charge in [0.25, 0.3) is 5.91 Å². The van der Waals surface area contributed by atoms with Crippen LogP contribution in [0.15, 0.2) is 42.5 Å². The van der Waals surface area contributed by atoms with Crippen molar-refractivity contribution in [2.75, 3.05) is 17.7 Å². The number of carbonyl (C=O) groups excluding carboxylic acids is 2. The van der Waals surface area contributed by atoms with Crippen LogP contribution in [0.2, 0.25) is 10.0 Å². The van der Waals surface area contributed by atoms with E-state index in [9.17, 15) is 9.59 Å². The normalized spacial score (nSPS) is 14.9. The highest BCUT2D eigenvalue weighted by Gasteiger charge is 2.36. The van der Waals surface area contributed by atoms with Gasteiger partial charge in [-0.2, -0.15) is 5.10 Å². The summed E-state index contributed by atoms with van der Waals surface area (Å²) in [6.07, 6.45) is -0.0824. The summed E-state index contributed by atoms with van der Waals surface area (Å²) in [7, 11) is 1.60. The first kappa shape index (κ1) is 20.3. The molecule has 0 bridgehead atoms. The number of aryl methyl sites for hydroxylation is 1. The molecular formula is C21H18Cl2N4O3. The minimum absolute atomic E-state index is 0.0824. The zero-order valence-electron chi connectivity index (χ0n) is 16.2. The van der Waals surface area contributed by atoms with E-state index in [0.717, 1.165) is 22.6 Å². The molecule has 30 heavy (non-hydrogen) atoms. The summed E-state index contributed by atoms with van der Waals surface area (Å²) in [5.74, 6) is 0.667. The van der Waals surface area contributed by atoms with E-state index in [2.05, 4.69) is 15.7 Å². The molecule has 0 radical (unpaired) electrons. The van der Waals surface area contributed by atoms with E-state index in [0.29, 0.717) is 21.6 Å². The molecule has 1 aromatic heterocycles. The Labute approximate surface area is 182 Å². The standard InChI is InChI=1S/C21H18Cl2N4O3/c1-11-19(12-3-6-14(30-2)7-4-12)20-25-21(29)17(27(20)26-11)10-18(28)24-16-8-5-13(22)9-15(16)23/h3-9,17H,10H2,1-2H3,(H,24,28)(H,25,29). The molecule has 0 spiro atoms. The fraction of sp³-hybridized carbons (Fsp3) is 0.190. The second kappa shape index (κ2) is 8.01. The molecule has 0 saturated heterocycles. The summed E-state index contributed by atoms with van der Waals surface area (Å²) >= 11 is 12.0. The van der Waals surface area contributed by atoms with E-state index in [1.807, 2.05) is 31.2 Å². The first-order valence-corrected chi connectivity index (χ1v) is 9.92. The van der Waals surface area contributed by atoms with Gasteiger partial charge in [0.05, 0.1) is 29.9 Å². The van der Waals surface area contributed by atoms with Crippen molar-refractivity contribution in [3.63, 3.8) is 0 Å². The number of rotatable bonds is 5. The van der Waals surface area contributed by atoms with Gasteiger partial charge in [0.2, 0.25) is 5.91 Å². The van der Waals surface area contributed by atoms with Crippen LogP contribution in [0.4, 0.5) is 11.5 Å². The number of hydrogen-bond acceptors (Lipinski definition) is 4. The van der Waals surface area contributed by atoms with Crippen LogP contribution in [0, 0.1) is 6.92 Å². The van der Waals surface area contributed by atoms with Gasteiger partial charge in [-0.3, -0.25) is 9.59 Å².